The van der Waals surface area contributed by atoms with E-state index in [1.54, 1.807) is 18.4 Å². The number of nitrogens with two attached hydrogens (primary N) is 1. The van der Waals surface area contributed by atoms with Crippen molar-refractivity contribution in [3.05, 3.63) is 24.0 Å². The van der Waals surface area contributed by atoms with Crippen LogP contribution in [0.5, 0.6) is 0 Å². The fraction of sp³-hybridized carbons (Fsp3) is 0. The van der Waals surface area contributed by atoms with E-state index in [0.717, 1.165) is 0 Å². The molecular weight excluding hydrogens is 116 g/mol. The minimum atomic E-state index is 0.178. The SMILES string of the molecule is Nc1cccnc1[C]=O. The second-order valence-electron chi connectivity index (χ2n) is 1.54. The summed E-state index contributed by atoms with van der Waals surface area (Å²) >= 11 is 0. The van der Waals surface area contributed by atoms with Crippen LogP contribution in [0.4, 0.5) is 5.69 Å². The highest BCUT2D eigenvalue weighted by Gasteiger charge is 1.94. The monoisotopic (exact) mass is 121 g/mol. The van der Waals surface area contributed by atoms with Crippen LogP contribution in [-0.2, 0) is 4.79 Å². The van der Waals surface area contributed by atoms with Crippen molar-refractivity contribution in [3.8, 4) is 0 Å². The standard InChI is InChI=1S/C6H5N2O/c7-5-2-1-3-8-6(5)4-9/h1-3H,7H2. The summed E-state index contributed by atoms with van der Waals surface area (Å²) in [4.78, 5) is 13.6. The van der Waals surface area contributed by atoms with Gasteiger partial charge in [0.2, 0.25) is 0 Å². The molecule has 0 aliphatic heterocycles. The van der Waals surface area contributed by atoms with Crippen LogP contribution in [0.1, 0.15) is 5.69 Å². The van der Waals surface area contributed by atoms with Gasteiger partial charge in [0, 0.05) is 6.20 Å². The zero-order valence-corrected chi connectivity index (χ0v) is 4.66. The van der Waals surface area contributed by atoms with E-state index in [1.165, 1.54) is 6.20 Å². The molecule has 45 valence electrons. The number of anilines is 1. The maximum atomic E-state index is 9.96. The van der Waals surface area contributed by atoms with Gasteiger partial charge in [-0.2, -0.15) is 0 Å². The first kappa shape index (κ1) is 5.75. The second kappa shape index (κ2) is 2.26. The molecule has 1 radical (unpaired) electrons. The van der Waals surface area contributed by atoms with Crippen molar-refractivity contribution in [2.75, 3.05) is 5.73 Å². The molecule has 3 nitrogen and oxygen atoms in total. The Morgan fingerprint density at radius 1 is 1.67 bits per heavy atom. The minimum absolute atomic E-state index is 0.178. The predicted molar refractivity (Wildman–Crippen MR) is 33.4 cm³/mol. The van der Waals surface area contributed by atoms with Crippen LogP contribution in [0.3, 0.4) is 0 Å². The van der Waals surface area contributed by atoms with Gasteiger partial charge >= 0.3 is 0 Å². The van der Waals surface area contributed by atoms with Crippen molar-refractivity contribution in [1.82, 2.24) is 4.98 Å². The summed E-state index contributed by atoms with van der Waals surface area (Å²) in [5.74, 6) is 0. The Labute approximate surface area is 52.5 Å². The van der Waals surface area contributed by atoms with Crippen LogP contribution in [0.2, 0.25) is 0 Å². The molecule has 9 heavy (non-hydrogen) atoms. The normalized spacial score (nSPS) is 8.89. The van der Waals surface area contributed by atoms with Gasteiger partial charge in [-0.05, 0) is 12.1 Å². The summed E-state index contributed by atoms with van der Waals surface area (Å²) < 4.78 is 0. The molecule has 2 N–H and O–H groups in total. The Kier molecular flexibility index (Phi) is 1.44. The highest BCUT2D eigenvalue weighted by Crippen LogP contribution is 2.01. The van der Waals surface area contributed by atoms with Gasteiger partial charge in [0.05, 0.1) is 5.69 Å². The zero-order chi connectivity index (χ0) is 6.69. The van der Waals surface area contributed by atoms with E-state index in [0.29, 0.717) is 5.69 Å². The summed E-state index contributed by atoms with van der Waals surface area (Å²) in [6.07, 6.45) is 3.11. The van der Waals surface area contributed by atoms with Crippen molar-refractivity contribution in [3.63, 3.8) is 0 Å². The van der Waals surface area contributed by atoms with E-state index >= 15 is 0 Å². The van der Waals surface area contributed by atoms with Crippen molar-refractivity contribution in [1.29, 1.82) is 0 Å². The fourth-order valence-electron chi connectivity index (χ4n) is 0.503. The van der Waals surface area contributed by atoms with Crippen molar-refractivity contribution >= 4 is 12.0 Å². The summed E-state index contributed by atoms with van der Waals surface area (Å²) in [5, 5.41) is 0. The molecule has 0 aliphatic rings. The zero-order valence-electron chi connectivity index (χ0n) is 4.66. The van der Waals surface area contributed by atoms with Crippen LogP contribution >= 0.6 is 0 Å². The van der Waals surface area contributed by atoms with Crippen molar-refractivity contribution in [2.45, 2.75) is 0 Å². The maximum Gasteiger partial charge on any atom is 0.255 e. The van der Waals surface area contributed by atoms with Crippen molar-refractivity contribution in [2.24, 2.45) is 0 Å². The molecule has 0 amide bonds. The third-order valence-electron chi connectivity index (χ3n) is 0.936. The fourth-order valence-corrected chi connectivity index (χ4v) is 0.503. The average Bonchev–Trinajstić information content (AvgIpc) is 1.89. The average molecular weight is 121 g/mol. The van der Waals surface area contributed by atoms with Gasteiger partial charge < -0.3 is 5.73 Å². The summed E-state index contributed by atoms with van der Waals surface area (Å²) in [7, 11) is 0. The Hall–Kier alpha value is -1.38. The van der Waals surface area contributed by atoms with E-state index in [4.69, 9.17) is 5.73 Å². The number of rotatable bonds is 1. The third-order valence-corrected chi connectivity index (χ3v) is 0.936. The van der Waals surface area contributed by atoms with E-state index in [1.807, 2.05) is 0 Å². The number of pyridine rings is 1. The van der Waals surface area contributed by atoms with Crippen LogP contribution < -0.4 is 5.73 Å². The molecule has 0 saturated heterocycles. The van der Waals surface area contributed by atoms with E-state index in [9.17, 15) is 4.79 Å². The number of hydrogen-bond donors (Lipinski definition) is 1. The lowest BCUT2D eigenvalue weighted by Crippen LogP contribution is -1.94. The minimum Gasteiger partial charge on any atom is -0.397 e. The molecule has 1 rings (SSSR count). The summed E-state index contributed by atoms with van der Waals surface area (Å²) in [6.45, 7) is 0. The predicted octanol–water partition coefficient (Wildman–Crippen LogP) is 0.122. The molecule has 0 unspecified atom stereocenters. The van der Waals surface area contributed by atoms with Crippen molar-refractivity contribution < 1.29 is 4.79 Å². The number of carbonyl (C=O) groups excluding carboxylic acids is 1. The molecule has 1 heterocycles. The molecule has 0 bridgehead atoms. The smallest absolute Gasteiger partial charge is 0.255 e. The molecule has 0 saturated carbocycles. The number of nitrogen functional groups attached to an aromatic ring is 1. The molecule has 0 fully saturated rings. The first-order chi connectivity index (χ1) is 4.34. The van der Waals surface area contributed by atoms with Crippen LogP contribution in [0.15, 0.2) is 18.3 Å². The molecule has 1 aromatic heterocycles. The molecule has 0 aromatic carbocycles. The van der Waals surface area contributed by atoms with Gasteiger partial charge in [0.15, 0.2) is 0 Å². The summed E-state index contributed by atoms with van der Waals surface area (Å²) in [5.41, 5.74) is 5.85. The largest absolute Gasteiger partial charge is 0.397 e. The van der Waals surface area contributed by atoms with Crippen LogP contribution in [0, 0.1) is 0 Å². The molecule has 3 heteroatoms. The summed E-state index contributed by atoms with van der Waals surface area (Å²) in [6, 6.07) is 3.27. The molecular formula is C6H5N2O. The number of hydrogen-bond acceptors (Lipinski definition) is 3. The first-order valence-corrected chi connectivity index (χ1v) is 2.43. The van der Waals surface area contributed by atoms with E-state index < -0.39 is 0 Å². The van der Waals surface area contributed by atoms with Gasteiger partial charge in [-0.15, -0.1) is 0 Å². The van der Waals surface area contributed by atoms with Gasteiger partial charge in [0.1, 0.15) is 5.69 Å². The highest BCUT2D eigenvalue weighted by molar-refractivity contribution is 5.80. The number of nitrogens with zero attached hydrogens (tertiary/aromatic N) is 1. The lowest BCUT2D eigenvalue weighted by Gasteiger charge is -1.90. The Bertz CT molecular complexity index is 222. The first-order valence-electron chi connectivity index (χ1n) is 2.43. The van der Waals surface area contributed by atoms with Gasteiger partial charge in [-0.3, -0.25) is 9.78 Å². The molecule has 0 atom stereocenters. The molecule has 1 aromatic rings. The Morgan fingerprint density at radius 3 is 2.89 bits per heavy atom. The van der Waals surface area contributed by atoms with Crippen LogP contribution in [-0.4, -0.2) is 11.3 Å². The lowest BCUT2D eigenvalue weighted by molar-refractivity contribution is 0.561. The lowest BCUT2D eigenvalue weighted by atomic mass is 10.3. The molecule has 0 spiro atoms. The van der Waals surface area contributed by atoms with E-state index in [-0.39, 0.29) is 5.69 Å². The quantitative estimate of drug-likeness (QED) is 0.574. The molecule has 0 aliphatic carbocycles. The topological polar surface area (TPSA) is 56.0 Å². The maximum absolute atomic E-state index is 9.96. The van der Waals surface area contributed by atoms with Gasteiger partial charge in [-0.1, -0.05) is 0 Å². The highest BCUT2D eigenvalue weighted by atomic mass is 16.1. The van der Waals surface area contributed by atoms with Gasteiger partial charge in [-0.25, -0.2) is 0 Å². The van der Waals surface area contributed by atoms with Crippen LogP contribution in [0.25, 0.3) is 0 Å². The third kappa shape index (κ3) is 1.05. The Balaban J connectivity index is 3.15. The second-order valence-corrected chi connectivity index (χ2v) is 1.54. The van der Waals surface area contributed by atoms with E-state index in [2.05, 4.69) is 4.98 Å². The van der Waals surface area contributed by atoms with Gasteiger partial charge in [0.25, 0.3) is 6.29 Å². The number of aromatic nitrogens is 1. The Morgan fingerprint density at radius 2 is 2.44 bits per heavy atom.